The molecule has 4 heteroatoms. The molecule has 0 spiro atoms. The minimum atomic E-state index is 0.626. The molecular weight excluding hydrogens is 238 g/mol. The fraction of sp³-hybridized carbons (Fsp3) is 0.800. The Morgan fingerprint density at radius 2 is 2.37 bits per heavy atom. The Bertz CT molecular complexity index is 364. The van der Waals surface area contributed by atoms with Gasteiger partial charge in [-0.2, -0.15) is 0 Å². The van der Waals surface area contributed by atoms with Crippen molar-refractivity contribution in [2.75, 3.05) is 25.1 Å². The average molecular weight is 265 g/mol. The van der Waals surface area contributed by atoms with Gasteiger partial charge in [0.2, 0.25) is 5.95 Å². The largest absolute Gasteiger partial charge is 0.382 e. The molecule has 0 bridgehead atoms. The number of rotatable bonds is 7. The molecule has 2 unspecified atom stereocenters. The van der Waals surface area contributed by atoms with Crippen molar-refractivity contribution in [3.05, 3.63) is 12.4 Å². The van der Waals surface area contributed by atoms with Crippen LogP contribution < -0.4 is 5.32 Å². The second-order valence-corrected chi connectivity index (χ2v) is 5.56. The van der Waals surface area contributed by atoms with Gasteiger partial charge < -0.3 is 14.6 Å². The average Bonchev–Trinajstić information content (AvgIpc) is 2.87. The summed E-state index contributed by atoms with van der Waals surface area (Å²) in [4.78, 5) is 4.45. The Morgan fingerprint density at radius 1 is 1.47 bits per heavy atom. The molecule has 2 atom stereocenters. The van der Waals surface area contributed by atoms with Gasteiger partial charge in [0.1, 0.15) is 0 Å². The number of nitrogens with one attached hydrogen (secondary N) is 1. The first-order chi connectivity index (χ1) is 9.31. The van der Waals surface area contributed by atoms with Gasteiger partial charge >= 0.3 is 0 Å². The van der Waals surface area contributed by atoms with E-state index in [1.807, 2.05) is 13.1 Å². The van der Waals surface area contributed by atoms with E-state index in [2.05, 4.69) is 28.0 Å². The van der Waals surface area contributed by atoms with Crippen molar-refractivity contribution in [3.8, 4) is 0 Å². The quantitative estimate of drug-likeness (QED) is 0.767. The van der Waals surface area contributed by atoms with Crippen LogP contribution in [0.4, 0.5) is 5.95 Å². The summed E-state index contributed by atoms with van der Waals surface area (Å²) in [5, 5.41) is 3.44. The maximum absolute atomic E-state index is 5.35. The first kappa shape index (κ1) is 14.4. The van der Waals surface area contributed by atoms with Crippen LogP contribution in [-0.2, 0) is 4.74 Å². The third kappa shape index (κ3) is 4.23. The molecular formula is C15H27N3O. The molecule has 108 valence electrons. The van der Waals surface area contributed by atoms with Crippen molar-refractivity contribution < 1.29 is 4.74 Å². The maximum atomic E-state index is 5.35. The van der Waals surface area contributed by atoms with E-state index in [1.165, 1.54) is 25.7 Å². The second kappa shape index (κ2) is 7.53. The number of anilines is 1. The zero-order valence-electron chi connectivity index (χ0n) is 12.3. The van der Waals surface area contributed by atoms with Crippen LogP contribution in [0.5, 0.6) is 0 Å². The topological polar surface area (TPSA) is 39.1 Å². The molecule has 1 N–H and O–H groups in total. The summed E-state index contributed by atoms with van der Waals surface area (Å²) in [6, 6.07) is 0.626. The molecule has 1 fully saturated rings. The molecule has 0 aromatic carbocycles. The minimum Gasteiger partial charge on any atom is -0.382 e. The zero-order chi connectivity index (χ0) is 13.5. The molecule has 0 aliphatic heterocycles. The van der Waals surface area contributed by atoms with Crippen LogP contribution in [0.1, 0.15) is 52.0 Å². The molecule has 0 amide bonds. The highest BCUT2D eigenvalue weighted by Crippen LogP contribution is 2.33. The Balaban J connectivity index is 1.83. The molecule has 1 saturated carbocycles. The predicted molar refractivity (Wildman–Crippen MR) is 78.5 cm³/mol. The van der Waals surface area contributed by atoms with Crippen molar-refractivity contribution in [1.29, 1.82) is 0 Å². The van der Waals surface area contributed by atoms with Gasteiger partial charge in [0.05, 0.1) is 0 Å². The molecule has 1 aliphatic rings. The zero-order valence-corrected chi connectivity index (χ0v) is 12.3. The lowest BCUT2D eigenvalue weighted by Gasteiger charge is -2.28. The minimum absolute atomic E-state index is 0.626. The van der Waals surface area contributed by atoms with E-state index in [0.29, 0.717) is 6.04 Å². The van der Waals surface area contributed by atoms with Gasteiger partial charge in [0.15, 0.2) is 0 Å². The van der Waals surface area contributed by atoms with E-state index in [9.17, 15) is 0 Å². The lowest BCUT2D eigenvalue weighted by Crippen LogP contribution is -2.19. The third-order valence-electron chi connectivity index (χ3n) is 3.92. The molecule has 19 heavy (non-hydrogen) atoms. The van der Waals surface area contributed by atoms with Crippen LogP contribution in [0, 0.1) is 5.92 Å². The second-order valence-electron chi connectivity index (χ2n) is 5.56. The Kier molecular flexibility index (Phi) is 5.70. The lowest BCUT2D eigenvalue weighted by molar-refractivity contribution is 0.147. The first-order valence-corrected chi connectivity index (χ1v) is 7.65. The first-order valence-electron chi connectivity index (χ1n) is 7.65. The van der Waals surface area contributed by atoms with E-state index in [0.717, 1.165) is 38.0 Å². The summed E-state index contributed by atoms with van der Waals surface area (Å²) >= 11 is 0. The van der Waals surface area contributed by atoms with Gasteiger partial charge in [-0.25, -0.2) is 4.98 Å². The van der Waals surface area contributed by atoms with Crippen molar-refractivity contribution in [2.24, 2.45) is 5.92 Å². The van der Waals surface area contributed by atoms with Crippen molar-refractivity contribution in [3.63, 3.8) is 0 Å². The highest BCUT2D eigenvalue weighted by atomic mass is 16.5. The molecule has 2 rings (SSSR count). The van der Waals surface area contributed by atoms with Crippen LogP contribution in [-0.4, -0.2) is 29.3 Å². The van der Waals surface area contributed by atoms with Crippen molar-refractivity contribution in [2.45, 2.75) is 52.0 Å². The monoisotopic (exact) mass is 265 g/mol. The number of hydrogen-bond donors (Lipinski definition) is 1. The van der Waals surface area contributed by atoms with E-state index >= 15 is 0 Å². The SMILES string of the molecule is CCOCCCNc1nccn1C1CCCC(C)C1. The van der Waals surface area contributed by atoms with E-state index in [4.69, 9.17) is 4.74 Å². The third-order valence-corrected chi connectivity index (χ3v) is 3.92. The number of aromatic nitrogens is 2. The molecule has 0 radical (unpaired) electrons. The summed E-state index contributed by atoms with van der Waals surface area (Å²) in [5.41, 5.74) is 0. The number of imidazole rings is 1. The Labute approximate surface area is 116 Å². The fourth-order valence-electron chi connectivity index (χ4n) is 2.92. The van der Waals surface area contributed by atoms with Crippen LogP contribution in [0.15, 0.2) is 12.4 Å². The molecule has 1 heterocycles. The van der Waals surface area contributed by atoms with Gasteiger partial charge in [-0.3, -0.25) is 0 Å². The normalized spacial score (nSPS) is 23.5. The highest BCUT2D eigenvalue weighted by Gasteiger charge is 2.21. The smallest absolute Gasteiger partial charge is 0.203 e. The molecule has 0 saturated heterocycles. The van der Waals surface area contributed by atoms with Gasteiger partial charge in [-0.15, -0.1) is 0 Å². The maximum Gasteiger partial charge on any atom is 0.203 e. The van der Waals surface area contributed by atoms with Crippen LogP contribution >= 0.6 is 0 Å². The van der Waals surface area contributed by atoms with E-state index in [-0.39, 0.29) is 0 Å². The van der Waals surface area contributed by atoms with Gasteiger partial charge in [-0.05, 0) is 32.1 Å². The van der Waals surface area contributed by atoms with Gasteiger partial charge in [-0.1, -0.05) is 19.8 Å². The highest BCUT2D eigenvalue weighted by molar-refractivity contribution is 5.26. The standard InChI is InChI=1S/C15H27N3O/c1-3-19-11-5-8-16-15-17-9-10-18(15)14-7-4-6-13(2)12-14/h9-10,13-14H,3-8,11-12H2,1-2H3,(H,16,17). The van der Waals surface area contributed by atoms with Gasteiger partial charge in [0, 0.05) is 38.2 Å². The van der Waals surface area contributed by atoms with Crippen LogP contribution in [0.25, 0.3) is 0 Å². The predicted octanol–water partition coefficient (Wildman–Crippen LogP) is 3.47. The van der Waals surface area contributed by atoms with Crippen LogP contribution in [0.2, 0.25) is 0 Å². The van der Waals surface area contributed by atoms with Crippen molar-refractivity contribution >= 4 is 5.95 Å². The summed E-state index contributed by atoms with van der Waals surface area (Å²) in [5.74, 6) is 1.86. The van der Waals surface area contributed by atoms with Crippen LogP contribution in [0.3, 0.4) is 0 Å². The number of nitrogens with zero attached hydrogens (tertiary/aromatic N) is 2. The summed E-state index contributed by atoms with van der Waals surface area (Å²) in [6.45, 7) is 6.95. The summed E-state index contributed by atoms with van der Waals surface area (Å²) in [7, 11) is 0. The van der Waals surface area contributed by atoms with Gasteiger partial charge in [0.25, 0.3) is 0 Å². The Hall–Kier alpha value is -1.03. The fourth-order valence-corrected chi connectivity index (χ4v) is 2.92. The van der Waals surface area contributed by atoms with E-state index < -0.39 is 0 Å². The lowest BCUT2D eigenvalue weighted by atomic mass is 9.87. The molecule has 1 aromatic heterocycles. The summed E-state index contributed by atoms with van der Waals surface area (Å²) < 4.78 is 7.68. The molecule has 1 aliphatic carbocycles. The number of hydrogen-bond acceptors (Lipinski definition) is 3. The Morgan fingerprint density at radius 3 is 3.16 bits per heavy atom. The van der Waals surface area contributed by atoms with E-state index in [1.54, 1.807) is 0 Å². The van der Waals surface area contributed by atoms with Crippen molar-refractivity contribution in [1.82, 2.24) is 9.55 Å². The summed E-state index contributed by atoms with van der Waals surface area (Å²) in [6.07, 6.45) is 10.3. The molecule has 4 nitrogen and oxygen atoms in total. The number of ether oxygens (including phenoxy) is 1. The molecule has 1 aromatic rings.